The Balaban J connectivity index is 2.45. The second kappa shape index (κ2) is 4.40. The Morgan fingerprint density at radius 2 is 2.00 bits per heavy atom. The van der Waals surface area contributed by atoms with E-state index in [1.165, 1.54) is 6.32 Å². The molecule has 0 aromatic heterocycles. The van der Waals surface area contributed by atoms with Gasteiger partial charge in [0.15, 0.2) is 0 Å². The lowest BCUT2D eigenvalue weighted by Crippen LogP contribution is -2.37. The molecule has 2 heteroatoms. The van der Waals surface area contributed by atoms with Gasteiger partial charge in [-0.05, 0) is 19.4 Å². The van der Waals surface area contributed by atoms with Crippen LogP contribution in [0.25, 0.3) is 0 Å². The zero-order chi connectivity index (χ0) is 8.10. The molecule has 0 bridgehead atoms. The topological polar surface area (TPSA) is 3.24 Å². The van der Waals surface area contributed by atoms with Crippen LogP contribution in [0.15, 0.2) is 24.2 Å². The Hall–Kier alpha value is -0.495. The highest BCUT2D eigenvalue weighted by Crippen LogP contribution is 2.07. The van der Waals surface area contributed by atoms with Gasteiger partial charge in [-0.15, -0.1) is 0 Å². The van der Waals surface area contributed by atoms with Crippen LogP contribution in [0.2, 0.25) is 6.32 Å². The van der Waals surface area contributed by atoms with Crippen molar-refractivity contribution < 1.29 is 0 Å². The van der Waals surface area contributed by atoms with Crippen molar-refractivity contribution in [2.75, 3.05) is 13.1 Å². The Kier molecular flexibility index (Phi) is 3.44. The third-order valence-electron chi connectivity index (χ3n) is 2.24. The van der Waals surface area contributed by atoms with Gasteiger partial charge in [-0.25, -0.2) is 0 Å². The summed E-state index contributed by atoms with van der Waals surface area (Å²) in [4.78, 5) is 2.47. The summed E-state index contributed by atoms with van der Waals surface area (Å²) in [5, 5.41) is 0. The molecule has 1 aliphatic rings. The quantitative estimate of drug-likeness (QED) is 0.554. The van der Waals surface area contributed by atoms with Crippen LogP contribution in [0.4, 0.5) is 0 Å². The van der Waals surface area contributed by atoms with Gasteiger partial charge >= 0.3 is 0 Å². The van der Waals surface area contributed by atoms with E-state index in [1.54, 1.807) is 0 Å². The first-order chi connectivity index (χ1) is 5.38. The van der Waals surface area contributed by atoms with Crippen LogP contribution in [0.1, 0.15) is 13.8 Å². The number of nitrogens with zero attached hydrogens (tertiary/aromatic N) is 1. The van der Waals surface area contributed by atoms with E-state index in [0.717, 1.165) is 13.1 Å². The zero-order valence-electron chi connectivity index (χ0n) is 7.46. The first kappa shape index (κ1) is 8.60. The van der Waals surface area contributed by atoms with Crippen LogP contribution in [0, 0.1) is 0 Å². The smallest absolute Gasteiger partial charge is 0.253 e. The zero-order valence-corrected chi connectivity index (χ0v) is 7.46. The van der Waals surface area contributed by atoms with Crippen molar-refractivity contribution in [1.29, 1.82) is 0 Å². The summed E-state index contributed by atoms with van der Waals surface area (Å²) in [7, 11) is 0. The van der Waals surface area contributed by atoms with Crippen LogP contribution in [-0.2, 0) is 0 Å². The lowest BCUT2D eigenvalue weighted by Gasteiger charge is -2.24. The molecule has 1 heterocycles. The molecule has 1 aliphatic heterocycles. The van der Waals surface area contributed by atoms with Crippen molar-refractivity contribution in [3.8, 4) is 0 Å². The fourth-order valence-electron chi connectivity index (χ4n) is 1.53. The predicted molar refractivity (Wildman–Crippen MR) is 51.8 cm³/mol. The summed E-state index contributed by atoms with van der Waals surface area (Å²) in [6.45, 7) is 7.39. The van der Waals surface area contributed by atoms with E-state index in [4.69, 9.17) is 0 Å². The third-order valence-corrected chi connectivity index (χ3v) is 2.24. The molecule has 0 aliphatic carbocycles. The van der Waals surface area contributed by atoms with Crippen molar-refractivity contribution in [1.82, 2.24) is 4.81 Å². The molecule has 0 radical (unpaired) electrons. The van der Waals surface area contributed by atoms with Gasteiger partial charge in [0.1, 0.15) is 0 Å². The second-order valence-electron chi connectivity index (χ2n) is 2.84. The average Bonchev–Trinajstić information content (AvgIpc) is 2.09. The van der Waals surface area contributed by atoms with Crippen LogP contribution >= 0.6 is 0 Å². The highest BCUT2D eigenvalue weighted by molar-refractivity contribution is 6.62. The van der Waals surface area contributed by atoms with Gasteiger partial charge in [0.2, 0.25) is 0 Å². The minimum Gasteiger partial charge on any atom is -0.339 e. The second-order valence-corrected chi connectivity index (χ2v) is 2.84. The number of hydrogen-bond donors (Lipinski definition) is 0. The molecule has 1 rings (SSSR count). The molecule has 0 atom stereocenters. The molecule has 11 heavy (non-hydrogen) atoms. The maximum absolute atomic E-state index is 2.47. The Bertz CT molecular complexity index is 159. The summed E-state index contributed by atoms with van der Waals surface area (Å²) >= 11 is 0. The molecule has 0 saturated carbocycles. The Labute approximate surface area is 69.9 Å². The van der Waals surface area contributed by atoms with E-state index < -0.39 is 0 Å². The minimum absolute atomic E-state index is 0.648. The Morgan fingerprint density at radius 1 is 1.27 bits per heavy atom. The van der Waals surface area contributed by atoms with E-state index in [0.29, 0.717) is 6.85 Å². The van der Waals surface area contributed by atoms with Crippen molar-refractivity contribution >= 4 is 6.85 Å². The molecule has 60 valence electrons. The maximum Gasteiger partial charge on any atom is 0.253 e. The molecule has 0 unspecified atom stereocenters. The van der Waals surface area contributed by atoms with Gasteiger partial charge in [-0.3, -0.25) is 0 Å². The first-order valence-corrected chi connectivity index (χ1v) is 4.45. The van der Waals surface area contributed by atoms with E-state index in [2.05, 4.69) is 42.9 Å². The minimum atomic E-state index is 0.648. The lowest BCUT2D eigenvalue weighted by molar-refractivity contribution is 0.484. The van der Waals surface area contributed by atoms with E-state index in [9.17, 15) is 0 Å². The van der Waals surface area contributed by atoms with Gasteiger partial charge < -0.3 is 4.81 Å². The molecule has 0 N–H and O–H groups in total. The predicted octanol–water partition coefficient (Wildman–Crippen LogP) is 1.98. The number of rotatable bonds is 3. The molecular formula is C9H16BN. The van der Waals surface area contributed by atoms with E-state index in [-0.39, 0.29) is 0 Å². The molecular weight excluding hydrogens is 133 g/mol. The van der Waals surface area contributed by atoms with Crippen LogP contribution in [0.3, 0.4) is 0 Å². The van der Waals surface area contributed by atoms with Crippen molar-refractivity contribution in [3.05, 3.63) is 24.2 Å². The SMILES string of the molecule is CCN(CC)B1C=CC=CC1. The van der Waals surface area contributed by atoms with Crippen LogP contribution < -0.4 is 0 Å². The number of allylic oxidation sites excluding steroid dienone is 3. The largest absolute Gasteiger partial charge is 0.339 e. The molecule has 0 fully saturated rings. The monoisotopic (exact) mass is 149 g/mol. The Morgan fingerprint density at radius 3 is 2.45 bits per heavy atom. The summed E-state index contributed by atoms with van der Waals surface area (Å²) in [6.07, 6.45) is 7.69. The molecule has 0 spiro atoms. The molecule has 1 nitrogen and oxygen atoms in total. The highest BCUT2D eigenvalue weighted by atomic mass is 15.0. The normalized spacial score (nSPS) is 16.5. The summed E-state index contributed by atoms with van der Waals surface area (Å²) < 4.78 is 0. The van der Waals surface area contributed by atoms with Gasteiger partial charge in [0.25, 0.3) is 6.85 Å². The van der Waals surface area contributed by atoms with Crippen molar-refractivity contribution in [3.63, 3.8) is 0 Å². The fourth-order valence-corrected chi connectivity index (χ4v) is 1.53. The number of hydrogen-bond acceptors (Lipinski definition) is 1. The summed E-state index contributed by atoms with van der Waals surface area (Å²) in [6, 6.07) is 0. The molecule has 0 amide bonds. The first-order valence-electron chi connectivity index (χ1n) is 4.45. The highest BCUT2D eigenvalue weighted by Gasteiger charge is 2.16. The molecule has 0 aromatic rings. The molecule has 0 saturated heterocycles. The summed E-state index contributed by atoms with van der Waals surface area (Å²) in [5.74, 6) is 2.28. The fraction of sp³-hybridized carbons (Fsp3) is 0.556. The lowest BCUT2D eigenvalue weighted by atomic mass is 9.55. The standard InChI is InChI=1S/C9H16BN/c1-3-11(4-2)10-8-6-5-7-9-10/h5-8H,3-4,9H2,1-2H3. The van der Waals surface area contributed by atoms with E-state index in [1.807, 2.05) is 0 Å². The van der Waals surface area contributed by atoms with Crippen LogP contribution in [0.5, 0.6) is 0 Å². The maximum atomic E-state index is 2.47. The van der Waals surface area contributed by atoms with Gasteiger partial charge in [-0.2, -0.15) is 0 Å². The van der Waals surface area contributed by atoms with E-state index >= 15 is 0 Å². The van der Waals surface area contributed by atoms with Gasteiger partial charge in [0.05, 0.1) is 0 Å². The molecule has 0 aromatic carbocycles. The van der Waals surface area contributed by atoms with Crippen molar-refractivity contribution in [2.45, 2.75) is 20.2 Å². The van der Waals surface area contributed by atoms with Gasteiger partial charge in [-0.1, -0.05) is 38.1 Å². The average molecular weight is 149 g/mol. The van der Waals surface area contributed by atoms with Crippen molar-refractivity contribution in [2.24, 2.45) is 0 Å². The van der Waals surface area contributed by atoms with Gasteiger partial charge in [0, 0.05) is 0 Å². The summed E-state index contributed by atoms with van der Waals surface area (Å²) in [5.41, 5.74) is 0. The van der Waals surface area contributed by atoms with Crippen LogP contribution in [-0.4, -0.2) is 24.7 Å². The third kappa shape index (κ3) is 2.23.